The molecule has 3 heterocycles. The fraction of sp³-hybridized carbons (Fsp3) is 0. The van der Waals surface area contributed by atoms with Gasteiger partial charge in [-0.3, -0.25) is 0 Å². The van der Waals surface area contributed by atoms with Gasteiger partial charge in [-0.15, -0.1) is 0 Å². The summed E-state index contributed by atoms with van der Waals surface area (Å²) in [6, 6.07) is 55.5. The highest BCUT2D eigenvalue weighted by molar-refractivity contribution is 6.21. The van der Waals surface area contributed by atoms with Crippen LogP contribution >= 0.6 is 0 Å². The van der Waals surface area contributed by atoms with Crippen LogP contribution in [0.15, 0.2) is 167 Å². The molecule has 0 aliphatic heterocycles. The first-order chi connectivity index (χ1) is 24.3. The maximum Gasteiger partial charge on any atom is 0.227 e. The molecule has 0 N–H and O–H groups in total. The molecule has 0 atom stereocenters. The molecular formula is C45H26N2O2. The smallest absolute Gasteiger partial charge is 0.227 e. The van der Waals surface area contributed by atoms with Gasteiger partial charge in [0, 0.05) is 38.4 Å². The molecule has 11 aromatic rings. The number of rotatable bonds is 3. The zero-order valence-corrected chi connectivity index (χ0v) is 26.2. The van der Waals surface area contributed by atoms with Crippen LogP contribution in [0.4, 0.5) is 0 Å². The number of aromatic nitrogens is 2. The Morgan fingerprint density at radius 3 is 2.04 bits per heavy atom. The highest BCUT2D eigenvalue weighted by Gasteiger charge is 2.21. The third kappa shape index (κ3) is 3.83. The summed E-state index contributed by atoms with van der Waals surface area (Å²) in [5.41, 5.74) is 9.64. The van der Waals surface area contributed by atoms with Crippen molar-refractivity contribution < 1.29 is 8.83 Å². The van der Waals surface area contributed by atoms with E-state index < -0.39 is 0 Å². The van der Waals surface area contributed by atoms with E-state index in [-0.39, 0.29) is 0 Å². The maximum atomic E-state index is 6.65. The van der Waals surface area contributed by atoms with E-state index in [1.165, 1.54) is 43.4 Å². The Hall–Kier alpha value is -6.65. The molecule has 0 saturated carbocycles. The van der Waals surface area contributed by atoms with Crippen LogP contribution in [0.25, 0.3) is 105 Å². The molecule has 0 amide bonds. The monoisotopic (exact) mass is 626 g/mol. The lowest BCUT2D eigenvalue weighted by molar-refractivity contribution is 0.622. The first-order valence-corrected chi connectivity index (χ1v) is 16.5. The highest BCUT2D eigenvalue weighted by atomic mass is 16.4. The quantitative estimate of drug-likeness (QED) is 0.196. The van der Waals surface area contributed by atoms with E-state index in [0.717, 1.165) is 55.4 Å². The van der Waals surface area contributed by atoms with Crippen molar-refractivity contribution in [2.24, 2.45) is 0 Å². The molecule has 11 rings (SSSR count). The summed E-state index contributed by atoms with van der Waals surface area (Å²) in [6.07, 6.45) is 0. The molecular weight excluding hydrogens is 601 g/mol. The standard InChI is InChI=1S/C45H26N2O2/c1-2-11-30-25-31(18-17-27(30)9-1)37-26-38-44(41-36-14-6-8-16-40(36)48-43(37)41)49-45(46-38)29-19-22-32(23-20-29)47-39-15-7-5-13-34(39)35-24-21-28-10-3-4-12-33(28)42(35)47/h1-26H. The van der Waals surface area contributed by atoms with Gasteiger partial charge in [0.1, 0.15) is 16.7 Å². The third-order valence-corrected chi connectivity index (χ3v) is 9.99. The number of para-hydroxylation sites is 2. The van der Waals surface area contributed by atoms with Crippen molar-refractivity contribution in [3.8, 4) is 28.3 Å². The predicted octanol–water partition coefficient (Wildman–Crippen LogP) is 12.5. The molecule has 0 spiro atoms. The first-order valence-electron chi connectivity index (χ1n) is 16.5. The number of furan rings is 1. The van der Waals surface area contributed by atoms with E-state index in [1.807, 2.05) is 18.2 Å². The number of fused-ring (bicyclic) bond motifs is 11. The Balaban J connectivity index is 1.10. The molecule has 0 fully saturated rings. The lowest BCUT2D eigenvalue weighted by atomic mass is 9.98. The van der Waals surface area contributed by atoms with Crippen molar-refractivity contribution in [2.45, 2.75) is 0 Å². The van der Waals surface area contributed by atoms with E-state index in [0.29, 0.717) is 5.89 Å². The van der Waals surface area contributed by atoms with Gasteiger partial charge in [0.2, 0.25) is 5.89 Å². The van der Waals surface area contributed by atoms with Crippen molar-refractivity contribution in [3.05, 3.63) is 158 Å². The van der Waals surface area contributed by atoms with Crippen molar-refractivity contribution >= 4 is 76.4 Å². The summed E-state index contributed by atoms with van der Waals surface area (Å²) in [4.78, 5) is 5.09. The minimum atomic E-state index is 0.580. The average molecular weight is 627 g/mol. The molecule has 49 heavy (non-hydrogen) atoms. The Kier molecular flexibility index (Phi) is 5.35. The van der Waals surface area contributed by atoms with Crippen LogP contribution in [0.3, 0.4) is 0 Å². The summed E-state index contributed by atoms with van der Waals surface area (Å²) in [5.74, 6) is 0.580. The van der Waals surface area contributed by atoms with Crippen LogP contribution in [-0.2, 0) is 0 Å². The molecule has 3 aromatic heterocycles. The van der Waals surface area contributed by atoms with Gasteiger partial charge in [-0.1, -0.05) is 109 Å². The lowest BCUT2D eigenvalue weighted by Gasteiger charge is -2.10. The molecule has 0 aliphatic rings. The largest absolute Gasteiger partial charge is 0.455 e. The summed E-state index contributed by atoms with van der Waals surface area (Å²) in [5, 5.41) is 9.29. The Morgan fingerprint density at radius 2 is 1.16 bits per heavy atom. The topological polar surface area (TPSA) is 44.1 Å². The maximum absolute atomic E-state index is 6.65. The fourth-order valence-electron chi connectivity index (χ4n) is 7.72. The van der Waals surface area contributed by atoms with Gasteiger partial charge in [-0.05, 0) is 70.3 Å². The zero-order valence-electron chi connectivity index (χ0n) is 26.2. The van der Waals surface area contributed by atoms with Crippen molar-refractivity contribution in [1.82, 2.24) is 9.55 Å². The van der Waals surface area contributed by atoms with Crippen LogP contribution in [-0.4, -0.2) is 9.55 Å². The molecule has 4 heteroatoms. The fourth-order valence-corrected chi connectivity index (χ4v) is 7.72. The van der Waals surface area contributed by atoms with Gasteiger partial charge in [-0.25, -0.2) is 4.98 Å². The van der Waals surface area contributed by atoms with Gasteiger partial charge < -0.3 is 13.4 Å². The molecule has 0 saturated heterocycles. The van der Waals surface area contributed by atoms with Gasteiger partial charge in [-0.2, -0.15) is 0 Å². The van der Waals surface area contributed by atoms with E-state index in [9.17, 15) is 0 Å². The second kappa shape index (κ2) is 9.93. The molecule has 0 radical (unpaired) electrons. The highest BCUT2D eigenvalue weighted by Crippen LogP contribution is 2.43. The Morgan fingerprint density at radius 1 is 0.469 bits per heavy atom. The number of hydrogen-bond donors (Lipinski definition) is 0. The van der Waals surface area contributed by atoms with E-state index in [4.69, 9.17) is 13.8 Å². The minimum Gasteiger partial charge on any atom is -0.455 e. The third-order valence-electron chi connectivity index (χ3n) is 9.99. The summed E-state index contributed by atoms with van der Waals surface area (Å²) in [7, 11) is 0. The van der Waals surface area contributed by atoms with E-state index in [1.54, 1.807) is 0 Å². The SMILES string of the molecule is c1ccc2cc(-c3cc4nc(-c5ccc(-n6c7ccccc7c7ccc8ccccc8c76)cc5)oc4c4c3oc3ccccc34)ccc2c1. The van der Waals surface area contributed by atoms with Crippen LogP contribution in [0.2, 0.25) is 0 Å². The summed E-state index contributed by atoms with van der Waals surface area (Å²) >= 11 is 0. The summed E-state index contributed by atoms with van der Waals surface area (Å²) in [6.45, 7) is 0. The van der Waals surface area contributed by atoms with Crippen LogP contribution < -0.4 is 0 Å². The second-order valence-electron chi connectivity index (χ2n) is 12.7. The van der Waals surface area contributed by atoms with Crippen molar-refractivity contribution in [1.29, 1.82) is 0 Å². The van der Waals surface area contributed by atoms with Crippen LogP contribution in [0, 0.1) is 0 Å². The summed E-state index contributed by atoms with van der Waals surface area (Å²) < 4.78 is 15.6. The Bertz CT molecular complexity index is 3100. The normalized spacial score (nSPS) is 12.1. The van der Waals surface area contributed by atoms with Crippen molar-refractivity contribution in [3.63, 3.8) is 0 Å². The van der Waals surface area contributed by atoms with Gasteiger partial charge in [0.15, 0.2) is 5.58 Å². The van der Waals surface area contributed by atoms with Crippen LogP contribution in [0.1, 0.15) is 0 Å². The number of benzene rings is 8. The molecule has 4 nitrogen and oxygen atoms in total. The number of oxazole rings is 1. The van der Waals surface area contributed by atoms with E-state index in [2.05, 4.69) is 144 Å². The van der Waals surface area contributed by atoms with Gasteiger partial charge >= 0.3 is 0 Å². The first kappa shape index (κ1) is 26.4. The van der Waals surface area contributed by atoms with E-state index >= 15 is 0 Å². The van der Waals surface area contributed by atoms with Crippen molar-refractivity contribution in [2.75, 3.05) is 0 Å². The number of hydrogen-bond acceptors (Lipinski definition) is 3. The molecule has 0 bridgehead atoms. The molecule has 8 aromatic carbocycles. The number of nitrogens with zero attached hydrogens (tertiary/aromatic N) is 2. The zero-order chi connectivity index (χ0) is 32.1. The minimum absolute atomic E-state index is 0.580. The molecule has 228 valence electrons. The lowest BCUT2D eigenvalue weighted by Crippen LogP contribution is -1.94. The average Bonchev–Trinajstić information content (AvgIpc) is 3.86. The molecule has 0 aliphatic carbocycles. The van der Waals surface area contributed by atoms with Gasteiger partial charge in [0.25, 0.3) is 0 Å². The predicted molar refractivity (Wildman–Crippen MR) is 202 cm³/mol. The van der Waals surface area contributed by atoms with Crippen LogP contribution in [0.5, 0.6) is 0 Å². The molecule has 0 unspecified atom stereocenters. The Labute approximate surface area is 280 Å². The van der Waals surface area contributed by atoms with Gasteiger partial charge in [0.05, 0.1) is 16.4 Å². The second-order valence-corrected chi connectivity index (χ2v) is 12.7.